The molecule has 1 aliphatic rings. The third-order valence-corrected chi connectivity index (χ3v) is 6.40. The van der Waals surface area contributed by atoms with Crippen LogP contribution in [-0.4, -0.2) is 33.3 Å². The van der Waals surface area contributed by atoms with Gasteiger partial charge in [0.25, 0.3) is 0 Å². The highest BCUT2D eigenvalue weighted by atomic mass is 32.2. The van der Waals surface area contributed by atoms with Crippen LogP contribution in [0.4, 0.5) is 5.69 Å². The fourth-order valence-electron chi connectivity index (χ4n) is 3.40. The second-order valence-electron chi connectivity index (χ2n) is 6.97. The van der Waals surface area contributed by atoms with Gasteiger partial charge >= 0.3 is 20.3 Å². The number of aliphatic hydroxyl groups excluding tert-OH is 1. The smallest absolute Gasteiger partial charge is 0.330 e. The summed E-state index contributed by atoms with van der Waals surface area (Å²) in [7, 11) is -7.81. The first-order valence-corrected chi connectivity index (χ1v) is 12.2. The van der Waals surface area contributed by atoms with Crippen molar-refractivity contribution >= 4 is 36.8 Å². The number of phenolic OH excluding ortho intramolecular Hbond substituents is 1. The van der Waals surface area contributed by atoms with Gasteiger partial charge < -0.3 is 14.4 Å². The van der Waals surface area contributed by atoms with Crippen LogP contribution >= 0.6 is 0 Å². The molecule has 0 unspecified atom stereocenters. The van der Waals surface area contributed by atoms with Crippen LogP contribution in [0.5, 0.6) is 11.5 Å². The molecule has 9 nitrogen and oxygen atoms in total. The maximum atomic E-state index is 12.0. The quantitative estimate of drug-likeness (QED) is 0.496. The number of nitrogens with zero attached hydrogens (tertiary/aromatic N) is 1. The first-order chi connectivity index (χ1) is 14.5. The number of fused-ring (bicyclic) bond motifs is 1. The molecule has 1 aliphatic heterocycles. The van der Waals surface area contributed by atoms with Gasteiger partial charge in [-0.1, -0.05) is 36.4 Å². The van der Waals surface area contributed by atoms with Crippen molar-refractivity contribution in [1.29, 1.82) is 0 Å². The molecule has 0 amide bonds. The maximum absolute atomic E-state index is 12.0. The van der Waals surface area contributed by atoms with E-state index in [1.165, 1.54) is 12.1 Å². The number of phenols is 1. The average molecular weight is 463 g/mol. The zero-order valence-corrected chi connectivity index (χ0v) is 17.8. The van der Waals surface area contributed by atoms with Crippen LogP contribution in [0.1, 0.15) is 11.1 Å². The average Bonchev–Trinajstić information content (AvgIpc) is 2.94. The van der Waals surface area contributed by atoms with E-state index >= 15 is 0 Å². The molecule has 0 aromatic heterocycles. The molecule has 0 atom stereocenters. The third-order valence-electron chi connectivity index (χ3n) is 4.63. The second kappa shape index (κ2) is 7.36. The monoisotopic (exact) mass is 462 g/mol. The molecule has 0 aliphatic carbocycles. The third kappa shape index (κ3) is 4.23. The van der Waals surface area contributed by atoms with E-state index < -0.39 is 26.2 Å². The summed E-state index contributed by atoms with van der Waals surface area (Å²) in [6.45, 7) is 0. The molecule has 3 N–H and O–H groups in total. The highest BCUT2D eigenvalue weighted by Crippen LogP contribution is 2.35. The Morgan fingerprint density at radius 2 is 1.81 bits per heavy atom. The van der Waals surface area contributed by atoms with Gasteiger partial charge in [0.1, 0.15) is 17.2 Å². The zero-order chi connectivity index (χ0) is 22.4. The number of aromatic hydroxyl groups is 1. The number of hydrogen-bond donors (Lipinski definition) is 3. The van der Waals surface area contributed by atoms with Gasteiger partial charge in [-0.15, -0.1) is 0 Å². The predicted molar refractivity (Wildman–Crippen MR) is 116 cm³/mol. The lowest BCUT2D eigenvalue weighted by atomic mass is 9.97. The number of anilines is 1. The molecule has 0 bridgehead atoms. The van der Waals surface area contributed by atoms with Crippen LogP contribution in [0.15, 0.2) is 66.7 Å². The van der Waals surface area contributed by atoms with E-state index in [1.54, 1.807) is 18.2 Å². The van der Waals surface area contributed by atoms with Crippen molar-refractivity contribution in [2.24, 2.45) is 0 Å². The molecular weight excluding hydrogens is 444 g/mol. The lowest BCUT2D eigenvalue weighted by Gasteiger charge is -2.17. The van der Waals surface area contributed by atoms with Crippen LogP contribution in [0.25, 0.3) is 10.8 Å². The summed E-state index contributed by atoms with van der Waals surface area (Å²) < 4.78 is 55.3. The van der Waals surface area contributed by atoms with Gasteiger partial charge in [-0.25, -0.2) is 9.03 Å². The molecule has 162 valence electrons. The standard InChI is InChI=1S/C20H18N2O7S2/c1-30(25,26)29-19-9-7-14-4-2-3-5-15(14)16(19)10-13-6-8-17(18(23)11-13)22-12-20(24)21-31(22,27)28/h2-9,11-12,21,23-24H,10H2,1H3. The summed E-state index contributed by atoms with van der Waals surface area (Å²) in [4.78, 5) is 0. The SMILES string of the molecule is CS(=O)(=O)Oc1ccc2ccccc2c1Cc1ccc(N2C=C(O)NS2(=O)=O)c(O)c1. The predicted octanol–water partition coefficient (Wildman–Crippen LogP) is 2.49. The Kier molecular flexibility index (Phi) is 4.94. The number of benzene rings is 3. The molecule has 11 heteroatoms. The van der Waals surface area contributed by atoms with Gasteiger partial charge in [-0.2, -0.15) is 16.8 Å². The van der Waals surface area contributed by atoms with Gasteiger partial charge in [-0.3, -0.25) is 0 Å². The van der Waals surface area contributed by atoms with E-state index in [9.17, 15) is 27.0 Å². The van der Waals surface area contributed by atoms with Crippen LogP contribution in [0.3, 0.4) is 0 Å². The van der Waals surface area contributed by atoms with Gasteiger partial charge in [0.2, 0.25) is 5.88 Å². The Bertz CT molecular complexity index is 1430. The number of nitrogens with one attached hydrogen (secondary N) is 1. The van der Waals surface area contributed by atoms with Crippen molar-refractivity contribution in [2.45, 2.75) is 6.42 Å². The summed E-state index contributed by atoms with van der Waals surface area (Å²) in [6, 6.07) is 15.1. The van der Waals surface area contributed by atoms with Crippen molar-refractivity contribution in [3.63, 3.8) is 0 Å². The van der Waals surface area contributed by atoms with Crippen LogP contribution < -0.4 is 13.2 Å². The molecule has 0 radical (unpaired) electrons. The normalized spacial score (nSPS) is 15.5. The van der Waals surface area contributed by atoms with Crippen LogP contribution in [-0.2, 0) is 26.7 Å². The highest BCUT2D eigenvalue weighted by Gasteiger charge is 2.30. The Morgan fingerprint density at radius 1 is 1.06 bits per heavy atom. The summed E-state index contributed by atoms with van der Waals surface area (Å²) in [5.74, 6) is -0.731. The molecular formula is C20H18N2O7S2. The van der Waals surface area contributed by atoms with Crippen molar-refractivity contribution in [3.8, 4) is 11.5 Å². The topological polar surface area (TPSA) is 133 Å². The minimum atomic E-state index is -4.05. The van der Waals surface area contributed by atoms with Crippen molar-refractivity contribution in [2.75, 3.05) is 10.6 Å². The molecule has 3 aromatic rings. The van der Waals surface area contributed by atoms with Gasteiger partial charge in [0.15, 0.2) is 0 Å². The van der Waals surface area contributed by atoms with E-state index in [-0.39, 0.29) is 23.6 Å². The van der Waals surface area contributed by atoms with E-state index in [1.807, 2.05) is 29.0 Å². The minimum Gasteiger partial charge on any atom is -0.506 e. The maximum Gasteiger partial charge on any atom is 0.330 e. The lowest BCUT2D eigenvalue weighted by Crippen LogP contribution is -2.29. The summed E-state index contributed by atoms with van der Waals surface area (Å²) in [6.07, 6.45) is 2.11. The van der Waals surface area contributed by atoms with Crippen LogP contribution in [0.2, 0.25) is 0 Å². The lowest BCUT2D eigenvalue weighted by molar-refractivity contribution is 0.392. The minimum absolute atomic E-state index is 0.0502. The van der Waals surface area contributed by atoms with E-state index in [4.69, 9.17) is 4.18 Å². The molecule has 0 fully saturated rings. The van der Waals surface area contributed by atoms with Gasteiger partial charge in [-0.05, 0) is 34.5 Å². The Labute approximate surface area is 179 Å². The summed E-state index contributed by atoms with van der Waals surface area (Å²) in [5.41, 5.74) is 1.14. The first-order valence-electron chi connectivity index (χ1n) is 8.98. The number of aliphatic hydroxyl groups is 1. The van der Waals surface area contributed by atoms with E-state index in [0.29, 0.717) is 11.1 Å². The first kappa shape index (κ1) is 20.8. The molecule has 3 aromatic carbocycles. The molecule has 4 rings (SSSR count). The molecule has 1 heterocycles. The van der Waals surface area contributed by atoms with E-state index in [2.05, 4.69) is 0 Å². The summed E-state index contributed by atoms with van der Waals surface area (Å²) >= 11 is 0. The molecule has 31 heavy (non-hydrogen) atoms. The highest BCUT2D eigenvalue weighted by molar-refractivity contribution is 7.91. The number of rotatable bonds is 5. The van der Waals surface area contributed by atoms with Crippen molar-refractivity contribution in [3.05, 3.63) is 77.8 Å². The fraction of sp³-hybridized carbons (Fsp3) is 0.100. The van der Waals surface area contributed by atoms with Gasteiger partial charge in [0.05, 0.1) is 12.5 Å². The van der Waals surface area contributed by atoms with Crippen LogP contribution in [0, 0.1) is 0 Å². The van der Waals surface area contributed by atoms with Crippen molar-refractivity contribution in [1.82, 2.24) is 4.72 Å². The molecule has 0 saturated heterocycles. The zero-order valence-electron chi connectivity index (χ0n) is 16.2. The van der Waals surface area contributed by atoms with E-state index in [0.717, 1.165) is 27.5 Å². The largest absolute Gasteiger partial charge is 0.506 e. The number of hydrogen-bond acceptors (Lipinski definition) is 7. The Morgan fingerprint density at radius 3 is 2.45 bits per heavy atom. The van der Waals surface area contributed by atoms with Crippen molar-refractivity contribution < 1.29 is 31.2 Å². The Balaban J connectivity index is 1.76. The molecule has 0 spiro atoms. The fourth-order valence-corrected chi connectivity index (χ4v) is 4.95. The second-order valence-corrected chi connectivity index (χ2v) is 10.1. The van der Waals surface area contributed by atoms with Gasteiger partial charge in [0, 0.05) is 12.0 Å². The Hall–Kier alpha value is -3.44. The summed E-state index contributed by atoms with van der Waals surface area (Å²) in [5, 5.41) is 21.6. The molecule has 0 saturated carbocycles.